The van der Waals surface area contributed by atoms with Crippen LogP contribution in [0.1, 0.15) is 16.1 Å². The van der Waals surface area contributed by atoms with E-state index >= 15 is 0 Å². The van der Waals surface area contributed by atoms with Crippen molar-refractivity contribution >= 4 is 23.2 Å². The lowest BCUT2D eigenvalue weighted by atomic mass is 10.1. The van der Waals surface area contributed by atoms with Gasteiger partial charge in [-0.2, -0.15) is 5.10 Å². The number of hydrogen-bond acceptors (Lipinski definition) is 4. The standard InChI is InChI=1S/C16H13ClN4O2/c17-12-4-2-1-3-11(12)13-7-14(21-20-13)16(23)19-15-8-18-6-5-10(15)9-22/h1-8,22H,9H2,(H,19,23)(H,20,21). The van der Waals surface area contributed by atoms with Crippen molar-refractivity contribution in [3.05, 3.63) is 65.1 Å². The molecule has 0 atom stereocenters. The number of aromatic nitrogens is 3. The summed E-state index contributed by atoms with van der Waals surface area (Å²) >= 11 is 6.13. The molecule has 2 aromatic heterocycles. The van der Waals surface area contributed by atoms with Crippen molar-refractivity contribution in [2.24, 2.45) is 0 Å². The number of H-pyrrole nitrogens is 1. The summed E-state index contributed by atoms with van der Waals surface area (Å²) in [5.41, 5.74) is 2.64. The van der Waals surface area contributed by atoms with Gasteiger partial charge in [-0.25, -0.2) is 0 Å². The maximum absolute atomic E-state index is 12.3. The number of pyridine rings is 1. The maximum atomic E-state index is 12.3. The highest BCUT2D eigenvalue weighted by atomic mass is 35.5. The molecule has 0 bridgehead atoms. The molecule has 1 aromatic carbocycles. The second-order valence-corrected chi connectivity index (χ2v) is 5.20. The van der Waals surface area contributed by atoms with Crippen molar-refractivity contribution in [1.29, 1.82) is 0 Å². The van der Waals surface area contributed by atoms with E-state index in [0.717, 1.165) is 5.56 Å². The Morgan fingerprint density at radius 2 is 2.13 bits per heavy atom. The third kappa shape index (κ3) is 3.23. The Hall–Kier alpha value is -2.70. The van der Waals surface area contributed by atoms with Gasteiger partial charge < -0.3 is 10.4 Å². The zero-order valence-corrected chi connectivity index (χ0v) is 12.7. The molecule has 0 aliphatic heterocycles. The summed E-state index contributed by atoms with van der Waals surface area (Å²) in [5.74, 6) is -0.376. The average molecular weight is 329 g/mol. The van der Waals surface area contributed by atoms with Crippen LogP contribution in [0.15, 0.2) is 48.8 Å². The number of rotatable bonds is 4. The molecule has 3 N–H and O–H groups in total. The van der Waals surface area contributed by atoms with E-state index in [-0.39, 0.29) is 18.2 Å². The lowest BCUT2D eigenvalue weighted by Gasteiger charge is -2.07. The van der Waals surface area contributed by atoms with Crippen LogP contribution in [0, 0.1) is 0 Å². The molecule has 0 saturated heterocycles. The molecule has 23 heavy (non-hydrogen) atoms. The third-order valence-electron chi connectivity index (χ3n) is 3.30. The Kier molecular flexibility index (Phi) is 4.36. The third-order valence-corrected chi connectivity index (χ3v) is 3.63. The molecule has 0 aliphatic carbocycles. The first-order valence-corrected chi connectivity index (χ1v) is 7.22. The second kappa shape index (κ2) is 6.60. The van der Waals surface area contributed by atoms with Crippen molar-refractivity contribution in [3.8, 4) is 11.3 Å². The average Bonchev–Trinajstić information content (AvgIpc) is 3.05. The van der Waals surface area contributed by atoms with Gasteiger partial charge in [-0.1, -0.05) is 29.8 Å². The van der Waals surface area contributed by atoms with Crippen LogP contribution in [0.4, 0.5) is 5.69 Å². The first-order valence-electron chi connectivity index (χ1n) is 6.84. The molecule has 0 aliphatic rings. The molecule has 6 nitrogen and oxygen atoms in total. The Bertz CT molecular complexity index is 847. The van der Waals surface area contributed by atoms with E-state index in [1.165, 1.54) is 6.20 Å². The van der Waals surface area contributed by atoms with E-state index in [9.17, 15) is 9.90 Å². The monoisotopic (exact) mass is 328 g/mol. The normalized spacial score (nSPS) is 10.5. The zero-order valence-electron chi connectivity index (χ0n) is 12.0. The molecule has 1 amide bonds. The SMILES string of the molecule is O=C(Nc1cnccc1CO)c1cc(-c2ccccc2Cl)n[nH]1. The van der Waals surface area contributed by atoms with Gasteiger partial charge in [0.1, 0.15) is 5.69 Å². The van der Waals surface area contributed by atoms with Crippen LogP contribution in [0.5, 0.6) is 0 Å². The van der Waals surface area contributed by atoms with Gasteiger partial charge in [0.2, 0.25) is 0 Å². The summed E-state index contributed by atoms with van der Waals surface area (Å²) in [7, 11) is 0. The van der Waals surface area contributed by atoms with Crippen LogP contribution in [0.2, 0.25) is 5.02 Å². The Labute approximate surface area is 137 Å². The minimum absolute atomic E-state index is 0.189. The summed E-state index contributed by atoms with van der Waals surface area (Å²) in [6.07, 6.45) is 3.03. The molecule has 7 heteroatoms. The number of nitrogens with one attached hydrogen (secondary N) is 2. The molecule has 0 unspecified atom stereocenters. The number of anilines is 1. The highest BCUT2D eigenvalue weighted by molar-refractivity contribution is 6.33. The van der Waals surface area contributed by atoms with Gasteiger partial charge in [-0.05, 0) is 18.2 Å². The topological polar surface area (TPSA) is 90.9 Å². The van der Waals surface area contributed by atoms with Crippen molar-refractivity contribution in [2.45, 2.75) is 6.61 Å². The van der Waals surface area contributed by atoms with Gasteiger partial charge in [-0.3, -0.25) is 14.9 Å². The van der Waals surface area contributed by atoms with E-state index in [1.807, 2.05) is 18.2 Å². The van der Waals surface area contributed by atoms with E-state index in [4.69, 9.17) is 11.6 Å². The zero-order chi connectivity index (χ0) is 16.2. The van der Waals surface area contributed by atoms with Crippen molar-refractivity contribution in [3.63, 3.8) is 0 Å². The molecule has 2 heterocycles. The van der Waals surface area contributed by atoms with Gasteiger partial charge >= 0.3 is 0 Å². The number of aliphatic hydroxyl groups excluding tert-OH is 1. The van der Waals surface area contributed by atoms with E-state index in [0.29, 0.717) is 22.0 Å². The largest absolute Gasteiger partial charge is 0.392 e. The van der Waals surface area contributed by atoms with Crippen molar-refractivity contribution in [2.75, 3.05) is 5.32 Å². The number of amides is 1. The lowest BCUT2D eigenvalue weighted by molar-refractivity contribution is 0.102. The first kappa shape index (κ1) is 15.2. The number of hydrogen-bond donors (Lipinski definition) is 3. The van der Waals surface area contributed by atoms with Crippen LogP contribution in [-0.2, 0) is 6.61 Å². The highest BCUT2D eigenvalue weighted by Crippen LogP contribution is 2.26. The fraction of sp³-hybridized carbons (Fsp3) is 0.0625. The second-order valence-electron chi connectivity index (χ2n) is 4.79. The van der Waals surface area contributed by atoms with Crippen molar-refractivity contribution < 1.29 is 9.90 Å². The number of carbonyl (C=O) groups is 1. The summed E-state index contributed by atoms with van der Waals surface area (Å²) < 4.78 is 0. The molecule has 3 aromatic rings. The van der Waals surface area contributed by atoms with Gasteiger partial charge in [0.15, 0.2) is 0 Å². The Morgan fingerprint density at radius 1 is 1.30 bits per heavy atom. The number of aromatic amines is 1. The summed E-state index contributed by atoms with van der Waals surface area (Å²) in [6, 6.07) is 10.5. The van der Waals surface area contributed by atoms with E-state index < -0.39 is 0 Å². The molecular formula is C16H13ClN4O2. The highest BCUT2D eigenvalue weighted by Gasteiger charge is 2.14. The summed E-state index contributed by atoms with van der Waals surface area (Å²) in [5, 5.41) is 19.3. The quantitative estimate of drug-likeness (QED) is 0.686. The number of halogens is 1. The molecule has 116 valence electrons. The van der Waals surface area contributed by atoms with E-state index in [2.05, 4.69) is 20.5 Å². The minimum atomic E-state index is -0.376. The molecule has 0 spiro atoms. The molecule has 0 fully saturated rings. The van der Waals surface area contributed by atoms with Crippen LogP contribution in [0.3, 0.4) is 0 Å². The van der Waals surface area contributed by atoms with Gasteiger partial charge in [0.05, 0.1) is 29.2 Å². The number of benzene rings is 1. The Morgan fingerprint density at radius 3 is 2.91 bits per heavy atom. The molecule has 3 rings (SSSR count). The maximum Gasteiger partial charge on any atom is 0.273 e. The smallest absolute Gasteiger partial charge is 0.273 e. The lowest BCUT2D eigenvalue weighted by Crippen LogP contribution is -2.14. The summed E-state index contributed by atoms with van der Waals surface area (Å²) in [4.78, 5) is 16.2. The molecule has 0 saturated carbocycles. The predicted octanol–water partition coefficient (Wildman–Crippen LogP) is 2.87. The number of carbonyl (C=O) groups excluding carboxylic acids is 1. The summed E-state index contributed by atoms with van der Waals surface area (Å²) in [6.45, 7) is -0.189. The fourth-order valence-electron chi connectivity index (χ4n) is 2.11. The van der Waals surface area contributed by atoms with Crippen molar-refractivity contribution in [1.82, 2.24) is 15.2 Å². The Balaban J connectivity index is 1.83. The minimum Gasteiger partial charge on any atom is -0.392 e. The van der Waals surface area contributed by atoms with Gasteiger partial charge in [0.25, 0.3) is 5.91 Å². The molecule has 0 radical (unpaired) electrons. The van der Waals surface area contributed by atoms with Crippen LogP contribution >= 0.6 is 11.6 Å². The van der Waals surface area contributed by atoms with E-state index in [1.54, 1.807) is 24.4 Å². The van der Waals surface area contributed by atoms with Crippen LogP contribution in [-0.4, -0.2) is 26.2 Å². The predicted molar refractivity (Wildman–Crippen MR) is 87.1 cm³/mol. The van der Waals surface area contributed by atoms with Crippen LogP contribution < -0.4 is 5.32 Å². The van der Waals surface area contributed by atoms with Gasteiger partial charge in [-0.15, -0.1) is 0 Å². The van der Waals surface area contributed by atoms with Crippen LogP contribution in [0.25, 0.3) is 11.3 Å². The fourth-order valence-corrected chi connectivity index (χ4v) is 2.34. The number of nitrogens with zero attached hydrogens (tertiary/aromatic N) is 2. The van der Waals surface area contributed by atoms with Gasteiger partial charge in [0, 0.05) is 17.3 Å². The first-order chi connectivity index (χ1) is 11.2. The molecular weight excluding hydrogens is 316 g/mol. The number of aliphatic hydroxyl groups is 1.